The highest BCUT2D eigenvalue weighted by atomic mass is 16.5. The van der Waals surface area contributed by atoms with E-state index in [1.807, 2.05) is 12.1 Å². The lowest BCUT2D eigenvalue weighted by atomic mass is 10.2. The van der Waals surface area contributed by atoms with Crippen molar-refractivity contribution in [2.45, 2.75) is 6.61 Å². The Bertz CT molecular complexity index is 486. The summed E-state index contributed by atoms with van der Waals surface area (Å²) in [6.45, 7) is 0.461. The SMILES string of the molecule is COc1ccc(N)cc1OCc1ccncc1. The number of rotatable bonds is 4. The van der Waals surface area contributed by atoms with Crippen LogP contribution in [-0.2, 0) is 6.61 Å². The number of hydrogen-bond donors (Lipinski definition) is 1. The van der Waals surface area contributed by atoms with E-state index in [4.69, 9.17) is 15.2 Å². The molecule has 0 atom stereocenters. The van der Waals surface area contributed by atoms with Crippen molar-refractivity contribution < 1.29 is 9.47 Å². The maximum absolute atomic E-state index is 5.71. The Balaban J connectivity index is 2.11. The van der Waals surface area contributed by atoms with Crippen molar-refractivity contribution in [3.8, 4) is 11.5 Å². The maximum atomic E-state index is 5.71. The average Bonchev–Trinajstić information content (AvgIpc) is 2.38. The van der Waals surface area contributed by atoms with Crippen molar-refractivity contribution in [2.75, 3.05) is 12.8 Å². The van der Waals surface area contributed by atoms with Crippen LogP contribution in [0.1, 0.15) is 5.56 Å². The lowest BCUT2D eigenvalue weighted by Gasteiger charge is -2.11. The molecule has 2 rings (SSSR count). The van der Waals surface area contributed by atoms with E-state index in [9.17, 15) is 0 Å². The molecule has 0 radical (unpaired) electrons. The third-order valence-corrected chi connectivity index (χ3v) is 2.33. The van der Waals surface area contributed by atoms with Gasteiger partial charge in [-0.1, -0.05) is 0 Å². The number of nitrogens with two attached hydrogens (primary N) is 1. The molecular weight excluding hydrogens is 216 g/mol. The molecule has 1 aromatic carbocycles. The van der Waals surface area contributed by atoms with Crippen LogP contribution in [0.25, 0.3) is 0 Å². The number of benzene rings is 1. The first-order valence-electron chi connectivity index (χ1n) is 5.25. The first kappa shape index (κ1) is 11.3. The summed E-state index contributed by atoms with van der Waals surface area (Å²) in [6.07, 6.45) is 3.46. The minimum atomic E-state index is 0.461. The van der Waals surface area contributed by atoms with Gasteiger partial charge in [0.25, 0.3) is 0 Å². The monoisotopic (exact) mass is 230 g/mol. The van der Waals surface area contributed by atoms with Crippen molar-refractivity contribution in [1.82, 2.24) is 4.98 Å². The van der Waals surface area contributed by atoms with Gasteiger partial charge >= 0.3 is 0 Å². The molecule has 0 fully saturated rings. The Hall–Kier alpha value is -2.23. The van der Waals surface area contributed by atoms with E-state index in [1.165, 1.54) is 0 Å². The number of nitrogens with zero attached hydrogens (tertiary/aromatic N) is 1. The minimum Gasteiger partial charge on any atom is -0.493 e. The third kappa shape index (κ3) is 2.87. The summed E-state index contributed by atoms with van der Waals surface area (Å²) in [6, 6.07) is 9.12. The van der Waals surface area contributed by atoms with Gasteiger partial charge in [-0.05, 0) is 29.8 Å². The van der Waals surface area contributed by atoms with Gasteiger partial charge in [0.2, 0.25) is 0 Å². The molecule has 0 saturated carbocycles. The van der Waals surface area contributed by atoms with Gasteiger partial charge in [-0.3, -0.25) is 4.98 Å². The van der Waals surface area contributed by atoms with Crippen LogP contribution in [0.3, 0.4) is 0 Å². The number of methoxy groups -OCH3 is 1. The minimum absolute atomic E-state index is 0.461. The van der Waals surface area contributed by atoms with Gasteiger partial charge in [0.15, 0.2) is 11.5 Å². The highest BCUT2D eigenvalue weighted by Crippen LogP contribution is 2.29. The van der Waals surface area contributed by atoms with Crippen LogP contribution < -0.4 is 15.2 Å². The molecule has 0 amide bonds. The number of anilines is 1. The van der Waals surface area contributed by atoms with E-state index in [-0.39, 0.29) is 0 Å². The fourth-order valence-corrected chi connectivity index (χ4v) is 1.45. The lowest BCUT2D eigenvalue weighted by Crippen LogP contribution is -1.98. The van der Waals surface area contributed by atoms with Crippen LogP contribution in [0.5, 0.6) is 11.5 Å². The molecule has 0 aliphatic carbocycles. The third-order valence-electron chi connectivity index (χ3n) is 2.33. The largest absolute Gasteiger partial charge is 0.493 e. The lowest BCUT2D eigenvalue weighted by molar-refractivity contribution is 0.284. The second-order valence-electron chi connectivity index (χ2n) is 3.55. The number of hydrogen-bond acceptors (Lipinski definition) is 4. The summed E-state index contributed by atoms with van der Waals surface area (Å²) in [5.74, 6) is 1.32. The Labute approximate surface area is 100 Å². The average molecular weight is 230 g/mol. The van der Waals surface area contributed by atoms with Crippen LogP contribution >= 0.6 is 0 Å². The van der Waals surface area contributed by atoms with Crippen molar-refractivity contribution in [3.05, 3.63) is 48.3 Å². The van der Waals surface area contributed by atoms with E-state index < -0.39 is 0 Å². The molecule has 0 spiro atoms. The second kappa shape index (κ2) is 5.21. The molecule has 4 heteroatoms. The van der Waals surface area contributed by atoms with E-state index in [0.717, 1.165) is 5.56 Å². The van der Waals surface area contributed by atoms with Crippen molar-refractivity contribution in [3.63, 3.8) is 0 Å². The molecular formula is C13H14N2O2. The summed E-state index contributed by atoms with van der Waals surface area (Å²) >= 11 is 0. The number of ether oxygens (including phenoxy) is 2. The standard InChI is InChI=1S/C13H14N2O2/c1-16-12-3-2-11(14)8-13(12)17-9-10-4-6-15-7-5-10/h2-8H,9,14H2,1H3. The summed E-state index contributed by atoms with van der Waals surface area (Å²) < 4.78 is 10.9. The Kier molecular flexibility index (Phi) is 3.45. The van der Waals surface area contributed by atoms with Crippen LogP contribution in [0.4, 0.5) is 5.69 Å². The topological polar surface area (TPSA) is 57.4 Å². The van der Waals surface area contributed by atoms with Crippen molar-refractivity contribution >= 4 is 5.69 Å². The number of nitrogen functional groups attached to an aromatic ring is 1. The summed E-state index contributed by atoms with van der Waals surface area (Å²) in [5.41, 5.74) is 7.40. The smallest absolute Gasteiger partial charge is 0.163 e. The molecule has 88 valence electrons. The first-order valence-corrected chi connectivity index (χ1v) is 5.25. The van der Waals surface area contributed by atoms with Crippen LogP contribution in [0, 0.1) is 0 Å². The quantitative estimate of drug-likeness (QED) is 0.818. The second-order valence-corrected chi connectivity index (χ2v) is 3.55. The van der Waals surface area contributed by atoms with E-state index >= 15 is 0 Å². The molecule has 0 aliphatic rings. The Morgan fingerprint density at radius 3 is 2.59 bits per heavy atom. The van der Waals surface area contributed by atoms with E-state index in [0.29, 0.717) is 23.8 Å². The van der Waals surface area contributed by atoms with Gasteiger partial charge < -0.3 is 15.2 Å². The van der Waals surface area contributed by atoms with Crippen LogP contribution in [0.15, 0.2) is 42.7 Å². The highest BCUT2D eigenvalue weighted by Gasteiger charge is 2.04. The normalized spacial score (nSPS) is 9.94. The van der Waals surface area contributed by atoms with Gasteiger partial charge in [-0.15, -0.1) is 0 Å². The zero-order valence-electron chi connectivity index (χ0n) is 9.59. The van der Waals surface area contributed by atoms with Gasteiger partial charge in [0.05, 0.1) is 7.11 Å². The van der Waals surface area contributed by atoms with Gasteiger partial charge in [0, 0.05) is 24.1 Å². The summed E-state index contributed by atoms with van der Waals surface area (Å²) in [5, 5.41) is 0. The molecule has 17 heavy (non-hydrogen) atoms. The molecule has 0 aliphatic heterocycles. The molecule has 4 nitrogen and oxygen atoms in total. The highest BCUT2D eigenvalue weighted by molar-refractivity contribution is 5.51. The summed E-state index contributed by atoms with van der Waals surface area (Å²) in [7, 11) is 1.60. The Morgan fingerprint density at radius 1 is 1.12 bits per heavy atom. The first-order chi connectivity index (χ1) is 8.29. The molecule has 2 aromatic rings. The van der Waals surface area contributed by atoms with Gasteiger partial charge in [-0.2, -0.15) is 0 Å². The van der Waals surface area contributed by atoms with Crippen LogP contribution in [-0.4, -0.2) is 12.1 Å². The maximum Gasteiger partial charge on any atom is 0.163 e. The fourth-order valence-electron chi connectivity index (χ4n) is 1.45. The zero-order chi connectivity index (χ0) is 12.1. The predicted octanol–water partition coefficient (Wildman–Crippen LogP) is 2.25. The van der Waals surface area contributed by atoms with Gasteiger partial charge in [-0.25, -0.2) is 0 Å². The molecule has 0 unspecified atom stereocenters. The number of pyridine rings is 1. The predicted molar refractivity (Wildman–Crippen MR) is 66.0 cm³/mol. The van der Waals surface area contributed by atoms with Crippen molar-refractivity contribution in [2.24, 2.45) is 0 Å². The fraction of sp³-hybridized carbons (Fsp3) is 0.154. The molecule has 1 aromatic heterocycles. The zero-order valence-corrected chi connectivity index (χ0v) is 9.59. The van der Waals surface area contributed by atoms with Crippen LogP contribution in [0.2, 0.25) is 0 Å². The van der Waals surface area contributed by atoms with Crippen molar-refractivity contribution in [1.29, 1.82) is 0 Å². The molecule has 1 heterocycles. The molecule has 2 N–H and O–H groups in total. The summed E-state index contributed by atoms with van der Waals surface area (Å²) in [4.78, 5) is 3.95. The molecule has 0 saturated heterocycles. The van der Waals surface area contributed by atoms with Gasteiger partial charge in [0.1, 0.15) is 6.61 Å². The molecule has 0 bridgehead atoms. The van der Waals surface area contributed by atoms with E-state index in [1.54, 1.807) is 37.7 Å². The number of aromatic nitrogens is 1. The Morgan fingerprint density at radius 2 is 1.88 bits per heavy atom. The van der Waals surface area contributed by atoms with E-state index in [2.05, 4.69) is 4.98 Å².